The maximum absolute atomic E-state index is 13.6. The Hall–Kier alpha value is -2.93. The number of hydrogen-bond donors (Lipinski definition) is 3. The van der Waals surface area contributed by atoms with Gasteiger partial charge >= 0.3 is 0 Å². The summed E-state index contributed by atoms with van der Waals surface area (Å²) < 4.78 is 0. The summed E-state index contributed by atoms with van der Waals surface area (Å²) in [4.78, 5) is 20.4. The molecule has 0 heterocycles. The van der Waals surface area contributed by atoms with Crippen molar-refractivity contribution in [3.63, 3.8) is 0 Å². The van der Waals surface area contributed by atoms with Gasteiger partial charge in [0.1, 0.15) is 11.8 Å². The van der Waals surface area contributed by atoms with Crippen molar-refractivity contribution >= 4 is 29.5 Å². The van der Waals surface area contributed by atoms with E-state index in [1.54, 1.807) is 4.90 Å². The Kier molecular flexibility index (Phi) is 11.1. The molecule has 236 valence electrons. The second kappa shape index (κ2) is 13.8. The fraction of sp³-hybridized carbons (Fsp3) is 0.583. The standard InChI is InChI=1S/C36H54N4O2S/c1-34(2,3)26-20-25(30(41)27(21-26)35(4,5)6)22-37-28-18-14-15-19-29(28)38-33(43)39-31(36(7,8)9)32(42)40(10)23-24-16-12-11-13-17-24/h11-13,16-17,20-22,28-29,31,41H,14-15,18-19,23H2,1-10H3,(H2,38,39,43)/t28?,29-,31-/m1/s1. The number of aromatic hydroxyl groups is 1. The third-order valence-corrected chi connectivity index (χ3v) is 8.53. The van der Waals surface area contributed by atoms with Gasteiger partial charge in [-0.2, -0.15) is 0 Å². The first-order chi connectivity index (χ1) is 19.9. The van der Waals surface area contributed by atoms with E-state index in [0.717, 1.165) is 42.4 Å². The molecular formula is C36H54N4O2S. The third-order valence-electron chi connectivity index (χ3n) is 8.29. The maximum atomic E-state index is 13.6. The number of carbonyl (C=O) groups excluding carboxylic acids is 1. The van der Waals surface area contributed by atoms with Gasteiger partial charge in [0.05, 0.1) is 12.1 Å². The first-order valence-electron chi connectivity index (χ1n) is 15.6. The number of nitrogens with zero attached hydrogens (tertiary/aromatic N) is 2. The Bertz CT molecular complexity index is 1290. The van der Waals surface area contributed by atoms with Gasteiger partial charge in [0.2, 0.25) is 5.91 Å². The van der Waals surface area contributed by atoms with Crippen LogP contribution in [0.3, 0.4) is 0 Å². The Morgan fingerprint density at radius 1 is 1.02 bits per heavy atom. The van der Waals surface area contributed by atoms with Gasteiger partial charge < -0.3 is 20.6 Å². The van der Waals surface area contributed by atoms with Crippen LogP contribution in [0.25, 0.3) is 0 Å². The number of rotatable bonds is 7. The van der Waals surface area contributed by atoms with Crippen LogP contribution in [0, 0.1) is 5.41 Å². The molecule has 0 bridgehead atoms. The van der Waals surface area contributed by atoms with E-state index in [4.69, 9.17) is 17.2 Å². The molecule has 2 aromatic rings. The molecule has 1 amide bonds. The van der Waals surface area contributed by atoms with Gasteiger partial charge in [-0.15, -0.1) is 0 Å². The molecule has 0 aromatic heterocycles. The topological polar surface area (TPSA) is 77.0 Å². The van der Waals surface area contributed by atoms with Gasteiger partial charge in [0.25, 0.3) is 0 Å². The molecule has 0 saturated heterocycles. The van der Waals surface area contributed by atoms with E-state index in [2.05, 4.69) is 85.1 Å². The number of amides is 1. The minimum atomic E-state index is -0.486. The molecule has 1 fully saturated rings. The molecule has 1 aliphatic carbocycles. The van der Waals surface area contributed by atoms with Crippen molar-refractivity contribution in [3.05, 3.63) is 64.7 Å². The lowest BCUT2D eigenvalue weighted by Crippen LogP contribution is -2.58. The van der Waals surface area contributed by atoms with E-state index in [-0.39, 0.29) is 34.2 Å². The maximum Gasteiger partial charge on any atom is 0.245 e. The zero-order valence-electron chi connectivity index (χ0n) is 28.0. The van der Waals surface area contributed by atoms with Gasteiger partial charge in [-0.25, -0.2) is 0 Å². The summed E-state index contributed by atoms with van der Waals surface area (Å²) in [6.07, 6.45) is 5.90. The minimum Gasteiger partial charge on any atom is -0.507 e. The number of likely N-dealkylation sites (N-methyl/N-ethyl adjacent to an activating group) is 1. The normalized spacial score (nSPS) is 18.7. The summed E-state index contributed by atoms with van der Waals surface area (Å²) >= 11 is 5.80. The highest BCUT2D eigenvalue weighted by Crippen LogP contribution is 2.37. The molecule has 3 N–H and O–H groups in total. The van der Waals surface area contributed by atoms with Gasteiger partial charge in [-0.1, -0.05) is 112 Å². The van der Waals surface area contributed by atoms with Crippen LogP contribution in [0.2, 0.25) is 0 Å². The molecule has 43 heavy (non-hydrogen) atoms. The second-order valence-corrected chi connectivity index (χ2v) is 15.7. The SMILES string of the molecule is CN(Cc1ccccc1)C(=O)[C@@H](NC(=S)N[C@@H]1CCCCC1N=Cc1cc(C(C)(C)C)cc(C(C)(C)C)c1O)C(C)(C)C. The Labute approximate surface area is 265 Å². The van der Waals surface area contributed by atoms with Crippen LogP contribution in [0.5, 0.6) is 5.75 Å². The molecule has 3 rings (SSSR count). The van der Waals surface area contributed by atoms with Gasteiger partial charge in [0, 0.05) is 30.9 Å². The number of carbonyl (C=O) groups is 1. The highest BCUT2D eigenvalue weighted by atomic mass is 32.1. The molecule has 2 aromatic carbocycles. The summed E-state index contributed by atoms with van der Waals surface area (Å²) in [5, 5.41) is 18.6. The molecule has 1 saturated carbocycles. The van der Waals surface area contributed by atoms with Crippen molar-refractivity contribution in [1.29, 1.82) is 0 Å². The van der Waals surface area contributed by atoms with Gasteiger partial charge in [-0.3, -0.25) is 9.79 Å². The largest absolute Gasteiger partial charge is 0.507 e. The molecule has 0 radical (unpaired) electrons. The number of phenols is 1. The predicted octanol–water partition coefficient (Wildman–Crippen LogP) is 7.25. The molecule has 6 nitrogen and oxygen atoms in total. The third kappa shape index (κ3) is 9.53. The first-order valence-corrected chi connectivity index (χ1v) is 16.1. The van der Waals surface area contributed by atoms with E-state index < -0.39 is 6.04 Å². The lowest BCUT2D eigenvalue weighted by atomic mass is 9.79. The quantitative estimate of drug-likeness (QED) is 0.229. The molecule has 1 unspecified atom stereocenters. The number of nitrogens with one attached hydrogen (secondary N) is 2. The summed E-state index contributed by atoms with van der Waals surface area (Å²) in [5.74, 6) is 0.301. The average molecular weight is 607 g/mol. The monoisotopic (exact) mass is 606 g/mol. The second-order valence-electron chi connectivity index (χ2n) is 15.3. The van der Waals surface area contributed by atoms with Crippen LogP contribution in [0.4, 0.5) is 0 Å². The smallest absolute Gasteiger partial charge is 0.245 e. The predicted molar refractivity (Wildman–Crippen MR) is 184 cm³/mol. The summed E-state index contributed by atoms with van der Waals surface area (Å²) in [6, 6.07) is 13.8. The Balaban J connectivity index is 1.78. The lowest BCUT2D eigenvalue weighted by Gasteiger charge is -2.36. The number of phenolic OH excluding ortho intramolecular Hbond substituents is 1. The van der Waals surface area contributed by atoms with Crippen molar-refractivity contribution < 1.29 is 9.90 Å². The van der Waals surface area contributed by atoms with E-state index in [1.807, 2.05) is 43.6 Å². The molecule has 1 aliphatic rings. The van der Waals surface area contributed by atoms with E-state index in [9.17, 15) is 9.90 Å². The molecule has 3 atom stereocenters. The highest BCUT2D eigenvalue weighted by molar-refractivity contribution is 7.80. The van der Waals surface area contributed by atoms with Crippen LogP contribution in [0.1, 0.15) is 110 Å². The zero-order valence-corrected chi connectivity index (χ0v) is 28.9. The fourth-order valence-electron chi connectivity index (χ4n) is 5.54. The van der Waals surface area contributed by atoms with Gasteiger partial charge in [0.15, 0.2) is 5.11 Å². The lowest BCUT2D eigenvalue weighted by molar-refractivity contribution is -0.134. The van der Waals surface area contributed by atoms with Crippen molar-refractivity contribution in [2.45, 2.75) is 123 Å². The minimum absolute atomic E-state index is 0.00239. The molecular weight excluding hydrogens is 552 g/mol. The summed E-state index contributed by atoms with van der Waals surface area (Å²) in [5.41, 5.74) is 3.34. The first kappa shape index (κ1) is 34.6. The van der Waals surface area contributed by atoms with Crippen molar-refractivity contribution in [2.24, 2.45) is 10.4 Å². The van der Waals surface area contributed by atoms with E-state index >= 15 is 0 Å². The van der Waals surface area contributed by atoms with E-state index in [1.165, 1.54) is 5.56 Å². The van der Waals surface area contributed by atoms with Gasteiger partial charge in [-0.05, 0) is 58.5 Å². The number of hydrogen-bond acceptors (Lipinski definition) is 4. The summed E-state index contributed by atoms with van der Waals surface area (Å²) in [7, 11) is 1.84. The Morgan fingerprint density at radius 3 is 2.23 bits per heavy atom. The molecule has 0 spiro atoms. The highest BCUT2D eigenvalue weighted by Gasteiger charge is 2.35. The average Bonchev–Trinajstić information content (AvgIpc) is 2.90. The number of thiocarbonyl (C=S) groups is 1. The van der Waals surface area contributed by atoms with Crippen molar-refractivity contribution in [3.8, 4) is 5.75 Å². The van der Waals surface area contributed by atoms with Crippen LogP contribution < -0.4 is 10.6 Å². The van der Waals surface area contributed by atoms with Crippen LogP contribution in [0.15, 0.2) is 47.5 Å². The number of aliphatic imine (C=N–C) groups is 1. The van der Waals surface area contributed by atoms with Crippen LogP contribution >= 0.6 is 12.2 Å². The summed E-state index contributed by atoms with van der Waals surface area (Å²) in [6.45, 7) is 19.6. The van der Waals surface area contributed by atoms with Crippen molar-refractivity contribution in [2.75, 3.05) is 7.05 Å². The molecule has 7 heteroatoms. The van der Waals surface area contributed by atoms with E-state index in [0.29, 0.717) is 17.4 Å². The van der Waals surface area contributed by atoms with Crippen LogP contribution in [-0.2, 0) is 22.2 Å². The van der Waals surface area contributed by atoms with Crippen LogP contribution in [-0.4, -0.2) is 52.4 Å². The molecule has 0 aliphatic heterocycles. The Morgan fingerprint density at radius 2 is 1.65 bits per heavy atom. The number of benzene rings is 2. The van der Waals surface area contributed by atoms with Crippen molar-refractivity contribution in [1.82, 2.24) is 15.5 Å². The fourth-order valence-corrected chi connectivity index (χ4v) is 5.81. The zero-order chi connectivity index (χ0) is 32.2.